The SMILES string of the molecule is CCC(C)Nc1nc(C)cc(NCc2cccnc2)n1. The number of aromatic nitrogens is 3. The van der Waals surface area contributed by atoms with Crippen LogP contribution in [0, 0.1) is 6.92 Å². The maximum Gasteiger partial charge on any atom is 0.225 e. The lowest BCUT2D eigenvalue weighted by Crippen LogP contribution is -2.16. The van der Waals surface area contributed by atoms with Crippen molar-refractivity contribution in [2.24, 2.45) is 0 Å². The third kappa shape index (κ3) is 4.19. The molecule has 0 amide bonds. The van der Waals surface area contributed by atoms with Crippen LogP contribution in [0.4, 0.5) is 11.8 Å². The Bertz CT molecular complexity index is 541. The molecule has 0 spiro atoms. The van der Waals surface area contributed by atoms with Crippen molar-refractivity contribution in [2.45, 2.75) is 39.8 Å². The lowest BCUT2D eigenvalue weighted by atomic mass is 10.3. The number of rotatable bonds is 6. The molecule has 2 N–H and O–H groups in total. The molecule has 5 heteroatoms. The Labute approximate surface area is 119 Å². The minimum atomic E-state index is 0.364. The fourth-order valence-corrected chi connectivity index (χ4v) is 1.74. The normalized spacial score (nSPS) is 11.9. The molecule has 0 aliphatic carbocycles. The number of nitrogens with zero attached hydrogens (tertiary/aromatic N) is 3. The van der Waals surface area contributed by atoms with Crippen LogP contribution in [-0.4, -0.2) is 21.0 Å². The second kappa shape index (κ2) is 6.84. The third-order valence-electron chi connectivity index (χ3n) is 3.04. The summed E-state index contributed by atoms with van der Waals surface area (Å²) in [6.07, 6.45) is 4.65. The second-order valence-corrected chi connectivity index (χ2v) is 4.89. The molecule has 1 unspecified atom stereocenters. The molecular weight excluding hydrogens is 250 g/mol. The first-order chi connectivity index (χ1) is 9.67. The maximum absolute atomic E-state index is 4.48. The minimum absolute atomic E-state index is 0.364. The first-order valence-electron chi connectivity index (χ1n) is 6.92. The maximum atomic E-state index is 4.48. The van der Waals surface area contributed by atoms with Gasteiger partial charge in [-0.05, 0) is 31.9 Å². The van der Waals surface area contributed by atoms with Gasteiger partial charge in [0.05, 0.1) is 0 Å². The predicted octanol–water partition coefficient (Wildman–Crippen LogP) is 3.00. The quantitative estimate of drug-likeness (QED) is 0.845. The van der Waals surface area contributed by atoms with Gasteiger partial charge in [0.2, 0.25) is 5.95 Å². The van der Waals surface area contributed by atoms with E-state index in [1.807, 2.05) is 31.3 Å². The molecule has 0 aliphatic rings. The van der Waals surface area contributed by atoms with Gasteiger partial charge in [-0.1, -0.05) is 13.0 Å². The average molecular weight is 271 g/mol. The van der Waals surface area contributed by atoms with Gasteiger partial charge in [-0.15, -0.1) is 0 Å². The molecule has 106 valence electrons. The predicted molar refractivity (Wildman–Crippen MR) is 81.7 cm³/mol. The molecule has 0 saturated carbocycles. The van der Waals surface area contributed by atoms with E-state index in [1.165, 1.54) is 0 Å². The molecule has 0 bridgehead atoms. The molecule has 0 aliphatic heterocycles. The Balaban J connectivity index is 2.04. The molecule has 0 fully saturated rings. The van der Waals surface area contributed by atoms with Crippen molar-refractivity contribution in [1.82, 2.24) is 15.0 Å². The highest BCUT2D eigenvalue weighted by Gasteiger charge is 2.05. The topological polar surface area (TPSA) is 62.7 Å². The van der Waals surface area contributed by atoms with E-state index in [-0.39, 0.29) is 0 Å². The zero-order valence-corrected chi connectivity index (χ0v) is 12.2. The summed E-state index contributed by atoms with van der Waals surface area (Å²) < 4.78 is 0. The van der Waals surface area contributed by atoms with Crippen molar-refractivity contribution in [1.29, 1.82) is 0 Å². The molecule has 2 aromatic heterocycles. The van der Waals surface area contributed by atoms with Gasteiger partial charge in [0.1, 0.15) is 5.82 Å². The summed E-state index contributed by atoms with van der Waals surface area (Å²) in [5, 5.41) is 6.60. The van der Waals surface area contributed by atoms with Crippen molar-refractivity contribution >= 4 is 11.8 Å². The van der Waals surface area contributed by atoms with E-state index in [0.717, 1.165) is 23.5 Å². The van der Waals surface area contributed by atoms with Crippen molar-refractivity contribution < 1.29 is 0 Å². The smallest absolute Gasteiger partial charge is 0.225 e. The van der Waals surface area contributed by atoms with Crippen LogP contribution < -0.4 is 10.6 Å². The molecule has 5 nitrogen and oxygen atoms in total. The lowest BCUT2D eigenvalue weighted by Gasteiger charge is -2.13. The van der Waals surface area contributed by atoms with Gasteiger partial charge in [-0.2, -0.15) is 4.98 Å². The van der Waals surface area contributed by atoms with E-state index in [0.29, 0.717) is 18.5 Å². The molecule has 2 rings (SSSR count). The Morgan fingerprint density at radius 3 is 2.85 bits per heavy atom. The summed E-state index contributed by atoms with van der Waals surface area (Å²) in [6.45, 7) is 6.93. The molecule has 20 heavy (non-hydrogen) atoms. The van der Waals surface area contributed by atoms with E-state index in [1.54, 1.807) is 6.20 Å². The van der Waals surface area contributed by atoms with E-state index in [2.05, 4.69) is 39.4 Å². The zero-order chi connectivity index (χ0) is 14.4. The second-order valence-electron chi connectivity index (χ2n) is 4.89. The first kappa shape index (κ1) is 14.2. The molecule has 0 saturated heterocycles. The monoisotopic (exact) mass is 271 g/mol. The fraction of sp³-hybridized carbons (Fsp3) is 0.400. The van der Waals surface area contributed by atoms with E-state index in [4.69, 9.17) is 0 Å². The van der Waals surface area contributed by atoms with Crippen LogP contribution in [0.3, 0.4) is 0 Å². The summed E-state index contributed by atoms with van der Waals surface area (Å²) in [5.41, 5.74) is 2.07. The summed E-state index contributed by atoms with van der Waals surface area (Å²) in [4.78, 5) is 13.0. The standard InChI is InChI=1S/C15H21N5/c1-4-11(2)18-15-19-12(3)8-14(20-15)17-10-13-6-5-7-16-9-13/h5-9,11H,4,10H2,1-3H3,(H2,17,18,19,20). The molecule has 0 aromatic carbocycles. The number of hydrogen-bond acceptors (Lipinski definition) is 5. The van der Waals surface area contributed by atoms with Crippen LogP contribution in [0.15, 0.2) is 30.6 Å². The van der Waals surface area contributed by atoms with Gasteiger partial charge < -0.3 is 10.6 Å². The lowest BCUT2D eigenvalue weighted by molar-refractivity contribution is 0.751. The Kier molecular flexibility index (Phi) is 4.87. The van der Waals surface area contributed by atoms with Gasteiger partial charge in [0, 0.05) is 36.7 Å². The average Bonchev–Trinajstić information content (AvgIpc) is 2.45. The van der Waals surface area contributed by atoms with Crippen LogP contribution in [-0.2, 0) is 6.54 Å². The first-order valence-corrected chi connectivity index (χ1v) is 6.92. The zero-order valence-electron chi connectivity index (χ0n) is 12.2. The van der Waals surface area contributed by atoms with Crippen molar-refractivity contribution in [3.63, 3.8) is 0 Å². The summed E-state index contributed by atoms with van der Waals surface area (Å²) in [5.74, 6) is 1.50. The summed E-state index contributed by atoms with van der Waals surface area (Å²) >= 11 is 0. The molecular formula is C15H21N5. The summed E-state index contributed by atoms with van der Waals surface area (Å²) in [7, 11) is 0. The van der Waals surface area contributed by atoms with Crippen LogP contribution in [0.2, 0.25) is 0 Å². The number of pyridine rings is 1. The van der Waals surface area contributed by atoms with E-state index < -0.39 is 0 Å². The van der Waals surface area contributed by atoms with Gasteiger partial charge in [-0.25, -0.2) is 4.98 Å². The van der Waals surface area contributed by atoms with E-state index >= 15 is 0 Å². The molecule has 2 aromatic rings. The van der Waals surface area contributed by atoms with E-state index in [9.17, 15) is 0 Å². The number of hydrogen-bond donors (Lipinski definition) is 2. The molecule has 0 radical (unpaired) electrons. The highest BCUT2D eigenvalue weighted by Crippen LogP contribution is 2.12. The molecule has 1 atom stereocenters. The van der Waals surface area contributed by atoms with Crippen molar-refractivity contribution in [3.05, 3.63) is 41.9 Å². The van der Waals surface area contributed by atoms with Crippen LogP contribution in [0.1, 0.15) is 31.5 Å². The van der Waals surface area contributed by atoms with Gasteiger partial charge in [0.15, 0.2) is 0 Å². The minimum Gasteiger partial charge on any atom is -0.366 e. The Hall–Kier alpha value is -2.17. The van der Waals surface area contributed by atoms with Gasteiger partial charge >= 0.3 is 0 Å². The summed E-state index contributed by atoms with van der Waals surface area (Å²) in [6, 6.07) is 6.27. The Morgan fingerprint density at radius 1 is 1.30 bits per heavy atom. The fourth-order valence-electron chi connectivity index (χ4n) is 1.74. The number of nitrogens with one attached hydrogen (secondary N) is 2. The highest BCUT2D eigenvalue weighted by atomic mass is 15.1. The van der Waals surface area contributed by atoms with Crippen LogP contribution in [0.25, 0.3) is 0 Å². The van der Waals surface area contributed by atoms with Gasteiger partial charge in [0.25, 0.3) is 0 Å². The number of anilines is 2. The largest absolute Gasteiger partial charge is 0.366 e. The Morgan fingerprint density at radius 2 is 2.15 bits per heavy atom. The van der Waals surface area contributed by atoms with Crippen molar-refractivity contribution in [3.8, 4) is 0 Å². The highest BCUT2D eigenvalue weighted by molar-refractivity contribution is 5.42. The van der Waals surface area contributed by atoms with Crippen LogP contribution in [0.5, 0.6) is 0 Å². The molecule has 2 heterocycles. The van der Waals surface area contributed by atoms with Crippen LogP contribution >= 0.6 is 0 Å². The van der Waals surface area contributed by atoms with Gasteiger partial charge in [-0.3, -0.25) is 4.98 Å². The number of aryl methyl sites for hydroxylation is 1. The van der Waals surface area contributed by atoms with Crippen molar-refractivity contribution in [2.75, 3.05) is 10.6 Å². The third-order valence-corrected chi connectivity index (χ3v) is 3.04.